The normalized spacial score (nSPS) is 15.7. The predicted octanol–water partition coefficient (Wildman–Crippen LogP) is 4.32. The summed E-state index contributed by atoms with van der Waals surface area (Å²) in [5, 5.41) is 13.1. The molecule has 0 saturated heterocycles. The zero-order valence-electron chi connectivity index (χ0n) is 11.0. The molecule has 1 aliphatic rings. The van der Waals surface area contributed by atoms with Crippen molar-refractivity contribution in [2.45, 2.75) is 41.8 Å². The van der Waals surface area contributed by atoms with Crippen LogP contribution in [0.15, 0.2) is 28.6 Å². The third kappa shape index (κ3) is 3.70. The quantitative estimate of drug-likeness (QED) is 0.892. The van der Waals surface area contributed by atoms with Gasteiger partial charge in [0.05, 0.1) is 0 Å². The first-order chi connectivity index (χ1) is 9.79. The van der Waals surface area contributed by atoms with Crippen LogP contribution in [0.1, 0.15) is 31.2 Å². The maximum absolute atomic E-state index is 12.8. The van der Waals surface area contributed by atoms with Gasteiger partial charge in [0.1, 0.15) is 5.82 Å². The van der Waals surface area contributed by atoms with Gasteiger partial charge in [-0.15, -0.1) is 10.2 Å². The van der Waals surface area contributed by atoms with Crippen molar-refractivity contribution in [2.75, 3.05) is 5.32 Å². The fourth-order valence-corrected chi connectivity index (χ4v) is 4.51. The van der Waals surface area contributed by atoms with Crippen LogP contribution in [0.4, 0.5) is 9.52 Å². The van der Waals surface area contributed by atoms with E-state index in [1.54, 1.807) is 23.5 Å². The fourth-order valence-electron chi connectivity index (χ4n) is 2.26. The largest absolute Gasteiger partial charge is 0.356 e. The molecule has 1 N–H and O–H groups in total. The van der Waals surface area contributed by atoms with E-state index in [2.05, 4.69) is 15.5 Å². The molecule has 1 fully saturated rings. The minimum Gasteiger partial charge on any atom is -0.356 e. The zero-order valence-corrected chi connectivity index (χ0v) is 12.6. The molecule has 1 aromatic heterocycles. The first-order valence-electron chi connectivity index (χ1n) is 6.78. The maximum Gasteiger partial charge on any atom is 0.206 e. The molecule has 3 rings (SSSR count). The van der Waals surface area contributed by atoms with E-state index in [9.17, 15) is 4.39 Å². The summed E-state index contributed by atoms with van der Waals surface area (Å²) in [5.74, 6) is -0.208. The summed E-state index contributed by atoms with van der Waals surface area (Å²) in [4.78, 5) is 0. The highest BCUT2D eigenvalue weighted by atomic mass is 32.2. The Labute approximate surface area is 126 Å². The molecule has 6 heteroatoms. The molecule has 1 saturated carbocycles. The van der Waals surface area contributed by atoms with Gasteiger partial charge >= 0.3 is 0 Å². The Kier molecular flexibility index (Phi) is 4.52. The summed E-state index contributed by atoms with van der Waals surface area (Å²) in [7, 11) is 0. The lowest BCUT2D eigenvalue weighted by Crippen LogP contribution is -1.98. The van der Waals surface area contributed by atoms with Crippen LogP contribution in [-0.2, 0) is 6.54 Å². The summed E-state index contributed by atoms with van der Waals surface area (Å²) in [6.07, 6.45) is 5.27. The van der Waals surface area contributed by atoms with Crippen molar-refractivity contribution in [2.24, 2.45) is 0 Å². The predicted molar refractivity (Wildman–Crippen MR) is 81.7 cm³/mol. The van der Waals surface area contributed by atoms with E-state index in [0.29, 0.717) is 11.8 Å². The number of nitrogens with one attached hydrogen (secondary N) is 1. The molecular weight excluding hydrogens is 293 g/mol. The van der Waals surface area contributed by atoms with Crippen molar-refractivity contribution >= 4 is 28.2 Å². The molecule has 0 unspecified atom stereocenters. The third-order valence-corrected chi connectivity index (χ3v) is 5.64. The molecule has 20 heavy (non-hydrogen) atoms. The van der Waals surface area contributed by atoms with Crippen molar-refractivity contribution < 1.29 is 4.39 Å². The van der Waals surface area contributed by atoms with E-state index < -0.39 is 0 Å². The molecule has 0 spiro atoms. The van der Waals surface area contributed by atoms with Crippen molar-refractivity contribution in [3.05, 3.63) is 35.6 Å². The lowest BCUT2D eigenvalue weighted by atomic mass is 10.2. The van der Waals surface area contributed by atoms with Gasteiger partial charge in [0, 0.05) is 11.8 Å². The average Bonchev–Trinajstić information content (AvgIpc) is 3.11. The van der Waals surface area contributed by atoms with Crippen LogP contribution in [0.25, 0.3) is 0 Å². The number of halogens is 1. The van der Waals surface area contributed by atoms with Gasteiger partial charge in [-0.2, -0.15) is 0 Å². The van der Waals surface area contributed by atoms with Crippen molar-refractivity contribution in [1.82, 2.24) is 10.2 Å². The minimum atomic E-state index is -0.208. The number of anilines is 1. The average molecular weight is 309 g/mol. The second-order valence-corrected chi connectivity index (χ2v) is 7.40. The molecule has 2 aromatic rings. The molecule has 0 atom stereocenters. The molecule has 1 aliphatic carbocycles. The Morgan fingerprint density at radius 3 is 2.70 bits per heavy atom. The second-order valence-electron chi connectivity index (χ2n) is 4.88. The summed E-state index contributed by atoms with van der Waals surface area (Å²) in [5.41, 5.74) is 1.03. The van der Waals surface area contributed by atoms with Crippen LogP contribution in [0.5, 0.6) is 0 Å². The van der Waals surface area contributed by atoms with Gasteiger partial charge in [-0.05, 0) is 30.5 Å². The number of nitrogens with zero attached hydrogens (tertiary/aromatic N) is 2. The second kappa shape index (κ2) is 6.54. The number of rotatable bonds is 5. The maximum atomic E-state index is 12.8. The van der Waals surface area contributed by atoms with E-state index in [1.807, 2.05) is 11.8 Å². The highest BCUT2D eigenvalue weighted by Gasteiger charge is 2.18. The number of hydrogen-bond acceptors (Lipinski definition) is 5. The molecule has 106 valence electrons. The van der Waals surface area contributed by atoms with E-state index in [1.165, 1.54) is 37.8 Å². The lowest BCUT2D eigenvalue weighted by molar-refractivity contribution is 0.627. The highest BCUT2D eigenvalue weighted by molar-refractivity contribution is 8.01. The van der Waals surface area contributed by atoms with E-state index in [-0.39, 0.29) is 5.82 Å². The first-order valence-corrected chi connectivity index (χ1v) is 8.48. The Hall–Kier alpha value is -1.14. The van der Waals surface area contributed by atoms with Gasteiger partial charge in [-0.3, -0.25) is 0 Å². The van der Waals surface area contributed by atoms with E-state index >= 15 is 0 Å². The van der Waals surface area contributed by atoms with Gasteiger partial charge in [0.15, 0.2) is 4.34 Å². The number of thioether (sulfide) groups is 1. The Morgan fingerprint density at radius 1 is 1.20 bits per heavy atom. The van der Waals surface area contributed by atoms with Crippen molar-refractivity contribution in [3.63, 3.8) is 0 Å². The fraction of sp³-hybridized carbons (Fsp3) is 0.429. The van der Waals surface area contributed by atoms with Crippen LogP contribution >= 0.6 is 23.1 Å². The topological polar surface area (TPSA) is 37.8 Å². The van der Waals surface area contributed by atoms with Gasteiger partial charge in [0.2, 0.25) is 5.13 Å². The number of aromatic nitrogens is 2. The molecule has 0 amide bonds. The van der Waals surface area contributed by atoms with Crippen molar-refractivity contribution in [3.8, 4) is 0 Å². The number of benzene rings is 1. The van der Waals surface area contributed by atoms with Crippen LogP contribution in [0, 0.1) is 5.82 Å². The summed E-state index contributed by atoms with van der Waals surface area (Å²) < 4.78 is 13.8. The SMILES string of the molecule is Fc1ccc(CNc2nnc(SC3CCCC3)s2)cc1. The highest BCUT2D eigenvalue weighted by Crippen LogP contribution is 2.36. The van der Waals surface area contributed by atoms with Crippen LogP contribution < -0.4 is 5.32 Å². The van der Waals surface area contributed by atoms with Crippen LogP contribution in [-0.4, -0.2) is 15.4 Å². The van der Waals surface area contributed by atoms with Crippen LogP contribution in [0.3, 0.4) is 0 Å². The minimum absolute atomic E-state index is 0.208. The third-order valence-electron chi connectivity index (χ3n) is 3.33. The standard InChI is InChI=1S/C14H16FN3S2/c15-11-7-5-10(6-8-11)9-16-13-17-18-14(20-13)19-12-3-1-2-4-12/h5-8,12H,1-4,9H2,(H,16,17). The van der Waals surface area contributed by atoms with E-state index in [0.717, 1.165) is 15.0 Å². The van der Waals surface area contributed by atoms with Crippen LogP contribution in [0.2, 0.25) is 0 Å². The smallest absolute Gasteiger partial charge is 0.206 e. The summed E-state index contributed by atoms with van der Waals surface area (Å²) in [6.45, 7) is 0.642. The van der Waals surface area contributed by atoms with Gasteiger partial charge in [-0.1, -0.05) is 48.1 Å². The first kappa shape index (κ1) is 13.8. The van der Waals surface area contributed by atoms with Gasteiger partial charge in [0.25, 0.3) is 0 Å². The molecule has 3 nitrogen and oxygen atoms in total. The van der Waals surface area contributed by atoms with Gasteiger partial charge in [-0.25, -0.2) is 4.39 Å². The molecular formula is C14H16FN3S2. The molecule has 1 aromatic carbocycles. The molecule has 0 bridgehead atoms. The lowest BCUT2D eigenvalue weighted by Gasteiger charge is -2.03. The molecule has 0 aliphatic heterocycles. The molecule has 0 radical (unpaired) electrons. The summed E-state index contributed by atoms with van der Waals surface area (Å²) in [6, 6.07) is 6.49. The summed E-state index contributed by atoms with van der Waals surface area (Å²) >= 11 is 3.45. The number of hydrogen-bond donors (Lipinski definition) is 1. The zero-order chi connectivity index (χ0) is 13.8. The Bertz CT molecular complexity index is 550. The van der Waals surface area contributed by atoms with Crippen molar-refractivity contribution in [1.29, 1.82) is 0 Å². The Balaban J connectivity index is 1.52. The molecule has 1 heterocycles. The Morgan fingerprint density at radius 2 is 1.95 bits per heavy atom. The van der Waals surface area contributed by atoms with Gasteiger partial charge < -0.3 is 5.32 Å². The van der Waals surface area contributed by atoms with E-state index in [4.69, 9.17) is 0 Å². The monoisotopic (exact) mass is 309 g/mol.